The van der Waals surface area contributed by atoms with Gasteiger partial charge in [-0.05, 0) is 75.6 Å². The Morgan fingerprint density at radius 3 is 1.97 bits per heavy atom. The third-order valence-electron chi connectivity index (χ3n) is 4.10. The summed E-state index contributed by atoms with van der Waals surface area (Å²) in [4.78, 5) is 12.5. The Morgan fingerprint density at radius 2 is 1.48 bits per heavy atom. The van der Waals surface area contributed by atoms with Crippen molar-refractivity contribution in [3.63, 3.8) is 0 Å². The van der Waals surface area contributed by atoms with Crippen molar-refractivity contribution in [1.82, 2.24) is 4.72 Å². The first-order valence-corrected chi connectivity index (χ1v) is 11.1. The van der Waals surface area contributed by atoms with Gasteiger partial charge in [-0.1, -0.05) is 26.0 Å². The Morgan fingerprint density at radius 1 is 0.931 bits per heavy atom. The molecule has 0 aromatic heterocycles. The lowest BCUT2D eigenvalue weighted by molar-refractivity contribution is -0.122. The summed E-state index contributed by atoms with van der Waals surface area (Å²) in [7, 11) is -3.62. The molecule has 0 saturated carbocycles. The molecule has 0 unspecified atom stereocenters. The highest BCUT2D eigenvalue weighted by Crippen LogP contribution is 2.20. The summed E-state index contributed by atoms with van der Waals surface area (Å²) in [5, 5.41) is 2.74. The average molecular weight is 419 g/mol. The van der Waals surface area contributed by atoms with Gasteiger partial charge in [-0.2, -0.15) is 0 Å². The summed E-state index contributed by atoms with van der Waals surface area (Å²) >= 11 is 0. The summed E-state index contributed by atoms with van der Waals surface area (Å²) in [6.07, 6.45) is -0.703. The SMILES string of the molecule is CC(C)c1ccc(O[C@@H](C)C(=O)Nc2ccc(S(=O)(=O)NC(C)(C)C)cc2)cc1. The van der Waals surface area contributed by atoms with E-state index in [1.54, 1.807) is 39.8 Å². The van der Waals surface area contributed by atoms with Crippen LogP contribution in [0.2, 0.25) is 0 Å². The first kappa shape index (κ1) is 22.9. The van der Waals surface area contributed by atoms with Crippen molar-refractivity contribution < 1.29 is 17.9 Å². The van der Waals surface area contributed by atoms with Crippen molar-refractivity contribution >= 4 is 21.6 Å². The van der Waals surface area contributed by atoms with Crippen molar-refractivity contribution in [3.05, 3.63) is 54.1 Å². The average Bonchev–Trinajstić information content (AvgIpc) is 2.60. The van der Waals surface area contributed by atoms with Crippen LogP contribution in [-0.2, 0) is 14.8 Å². The molecule has 0 aliphatic heterocycles. The maximum atomic E-state index is 12.4. The van der Waals surface area contributed by atoms with Gasteiger partial charge in [0.1, 0.15) is 5.75 Å². The van der Waals surface area contributed by atoms with Crippen molar-refractivity contribution in [2.75, 3.05) is 5.32 Å². The summed E-state index contributed by atoms with van der Waals surface area (Å²) in [5.74, 6) is 0.725. The van der Waals surface area contributed by atoms with Crippen molar-refractivity contribution in [2.24, 2.45) is 0 Å². The van der Waals surface area contributed by atoms with Gasteiger partial charge in [-0.3, -0.25) is 4.79 Å². The minimum atomic E-state index is -3.62. The highest BCUT2D eigenvalue weighted by molar-refractivity contribution is 7.89. The lowest BCUT2D eigenvalue weighted by Gasteiger charge is -2.20. The molecule has 0 saturated heterocycles. The number of ether oxygens (including phenoxy) is 1. The molecule has 158 valence electrons. The highest BCUT2D eigenvalue weighted by atomic mass is 32.2. The van der Waals surface area contributed by atoms with E-state index in [0.717, 1.165) is 0 Å². The largest absolute Gasteiger partial charge is 0.481 e. The number of anilines is 1. The minimum Gasteiger partial charge on any atom is -0.481 e. The number of carbonyl (C=O) groups is 1. The van der Waals surface area contributed by atoms with Crippen LogP contribution in [0.3, 0.4) is 0 Å². The smallest absolute Gasteiger partial charge is 0.265 e. The van der Waals surface area contributed by atoms with E-state index >= 15 is 0 Å². The van der Waals surface area contributed by atoms with E-state index in [4.69, 9.17) is 4.74 Å². The lowest BCUT2D eigenvalue weighted by atomic mass is 10.0. The molecule has 2 rings (SSSR count). The molecule has 0 bridgehead atoms. The number of carbonyl (C=O) groups excluding carboxylic acids is 1. The molecule has 7 heteroatoms. The molecule has 0 aliphatic rings. The molecule has 0 spiro atoms. The van der Waals surface area contributed by atoms with Crippen molar-refractivity contribution in [1.29, 1.82) is 0 Å². The predicted molar refractivity (Wildman–Crippen MR) is 116 cm³/mol. The molecular formula is C22H30N2O4S. The fourth-order valence-electron chi connectivity index (χ4n) is 2.61. The number of benzene rings is 2. The summed E-state index contributed by atoms with van der Waals surface area (Å²) in [5.41, 5.74) is 1.12. The molecule has 1 atom stereocenters. The Labute approximate surface area is 173 Å². The summed E-state index contributed by atoms with van der Waals surface area (Å²) in [6, 6.07) is 13.7. The van der Waals surface area contributed by atoms with Crippen LogP contribution in [-0.4, -0.2) is 26.0 Å². The monoisotopic (exact) mass is 418 g/mol. The van der Waals surface area contributed by atoms with Gasteiger partial charge < -0.3 is 10.1 Å². The standard InChI is InChI=1S/C22H30N2O4S/c1-15(2)17-7-11-19(12-8-17)28-16(3)21(25)23-18-9-13-20(14-10-18)29(26,27)24-22(4,5)6/h7-16,24H,1-6H3,(H,23,25)/t16-/m0/s1. The lowest BCUT2D eigenvalue weighted by Crippen LogP contribution is -2.40. The Kier molecular flexibility index (Phi) is 7.08. The zero-order chi connectivity index (χ0) is 21.8. The predicted octanol–water partition coefficient (Wildman–Crippen LogP) is 4.29. The van der Waals surface area contributed by atoms with Gasteiger partial charge in [-0.25, -0.2) is 13.1 Å². The van der Waals surface area contributed by atoms with E-state index in [1.165, 1.54) is 17.7 Å². The van der Waals surface area contributed by atoms with Crippen LogP contribution in [0.5, 0.6) is 5.75 Å². The van der Waals surface area contributed by atoms with Crippen LogP contribution < -0.4 is 14.8 Å². The fraction of sp³-hybridized carbons (Fsp3) is 0.409. The molecule has 0 radical (unpaired) electrons. The molecule has 1 amide bonds. The second-order valence-corrected chi connectivity index (χ2v) is 10.0. The van der Waals surface area contributed by atoms with E-state index in [0.29, 0.717) is 17.4 Å². The maximum Gasteiger partial charge on any atom is 0.265 e. The van der Waals surface area contributed by atoms with Gasteiger partial charge in [-0.15, -0.1) is 0 Å². The Balaban J connectivity index is 1.99. The molecule has 2 aromatic carbocycles. The first-order valence-electron chi connectivity index (χ1n) is 9.59. The topological polar surface area (TPSA) is 84.5 Å². The second kappa shape index (κ2) is 8.97. The van der Waals surface area contributed by atoms with Crippen molar-refractivity contribution in [3.8, 4) is 5.75 Å². The summed E-state index contributed by atoms with van der Waals surface area (Å²) < 4.78 is 33.0. The molecular weight excluding hydrogens is 388 g/mol. The van der Waals surface area contributed by atoms with E-state index in [9.17, 15) is 13.2 Å². The molecule has 6 nitrogen and oxygen atoms in total. The molecule has 0 aliphatic carbocycles. The maximum absolute atomic E-state index is 12.4. The van der Waals surface area contributed by atoms with E-state index in [-0.39, 0.29) is 10.8 Å². The quantitative estimate of drug-likeness (QED) is 0.702. The normalized spacial score (nSPS) is 13.2. The van der Waals surface area contributed by atoms with Crippen LogP contribution in [0.4, 0.5) is 5.69 Å². The van der Waals surface area contributed by atoms with E-state index in [1.807, 2.05) is 24.3 Å². The molecule has 2 N–H and O–H groups in total. The van der Waals surface area contributed by atoms with Gasteiger partial charge in [0.2, 0.25) is 10.0 Å². The van der Waals surface area contributed by atoms with Gasteiger partial charge >= 0.3 is 0 Å². The number of amides is 1. The Hall–Kier alpha value is -2.38. The third-order valence-corrected chi connectivity index (χ3v) is 5.88. The number of hydrogen-bond acceptors (Lipinski definition) is 4. The minimum absolute atomic E-state index is 0.139. The zero-order valence-corrected chi connectivity index (χ0v) is 18.6. The van der Waals surface area contributed by atoms with Crippen molar-refractivity contribution in [2.45, 2.75) is 64.0 Å². The van der Waals surface area contributed by atoms with Gasteiger partial charge in [0.05, 0.1) is 4.90 Å². The van der Waals surface area contributed by atoms with Crippen LogP contribution in [0.25, 0.3) is 0 Å². The molecule has 29 heavy (non-hydrogen) atoms. The number of rotatable bonds is 7. The number of sulfonamides is 1. The number of nitrogens with one attached hydrogen (secondary N) is 2. The van der Waals surface area contributed by atoms with Crippen LogP contribution in [0.1, 0.15) is 53.0 Å². The van der Waals surface area contributed by atoms with Crippen LogP contribution in [0, 0.1) is 0 Å². The number of hydrogen-bond donors (Lipinski definition) is 2. The van der Waals surface area contributed by atoms with Gasteiger partial charge in [0.25, 0.3) is 5.91 Å². The van der Waals surface area contributed by atoms with E-state index < -0.39 is 21.7 Å². The van der Waals surface area contributed by atoms with Crippen LogP contribution >= 0.6 is 0 Å². The van der Waals surface area contributed by atoms with Gasteiger partial charge in [0.15, 0.2) is 6.10 Å². The third kappa shape index (κ3) is 6.87. The molecule has 0 fully saturated rings. The van der Waals surface area contributed by atoms with Crippen LogP contribution in [0.15, 0.2) is 53.4 Å². The fourth-order valence-corrected chi connectivity index (χ4v) is 4.03. The summed E-state index contributed by atoms with van der Waals surface area (Å²) in [6.45, 7) is 11.2. The van der Waals surface area contributed by atoms with Gasteiger partial charge in [0, 0.05) is 11.2 Å². The first-order chi connectivity index (χ1) is 13.4. The molecule has 0 heterocycles. The molecule has 2 aromatic rings. The zero-order valence-electron chi connectivity index (χ0n) is 17.8. The second-order valence-electron chi connectivity index (χ2n) is 8.35. The highest BCUT2D eigenvalue weighted by Gasteiger charge is 2.22. The Bertz CT molecular complexity index is 928. The van der Waals surface area contributed by atoms with E-state index in [2.05, 4.69) is 23.9 Å².